The number of anilines is 1. The van der Waals surface area contributed by atoms with E-state index in [1.807, 2.05) is 0 Å². The number of aliphatic hydroxyl groups is 1. The van der Waals surface area contributed by atoms with Crippen molar-refractivity contribution in [3.05, 3.63) is 40.9 Å². The molecule has 1 aromatic rings. The van der Waals surface area contributed by atoms with Crippen LogP contribution in [0.5, 0.6) is 0 Å². The summed E-state index contributed by atoms with van der Waals surface area (Å²) in [6.45, 7) is -0.0361. The van der Waals surface area contributed by atoms with Crippen molar-refractivity contribution in [1.29, 1.82) is 0 Å². The van der Waals surface area contributed by atoms with Gasteiger partial charge in [-0.05, 0) is 17.3 Å². The van der Waals surface area contributed by atoms with Gasteiger partial charge in [0.25, 0.3) is 5.91 Å². The van der Waals surface area contributed by atoms with Crippen LogP contribution in [0.1, 0.15) is 0 Å². The number of nitrogens with zero attached hydrogens (tertiary/aromatic N) is 3. The molecule has 0 aromatic carbocycles. The molecule has 1 aliphatic heterocycles. The fourth-order valence-corrected chi connectivity index (χ4v) is 1.36. The molecule has 2 heterocycles. The third-order valence-electron chi connectivity index (χ3n) is 2.08. The Labute approximate surface area is 84.8 Å². The van der Waals surface area contributed by atoms with Crippen LogP contribution in [-0.4, -0.2) is 22.5 Å². The van der Waals surface area contributed by atoms with Crippen LogP contribution in [0.2, 0.25) is 0 Å². The van der Waals surface area contributed by atoms with Gasteiger partial charge in [-0.2, -0.15) is 0 Å². The van der Waals surface area contributed by atoms with Gasteiger partial charge in [0.2, 0.25) is 5.70 Å². The third-order valence-corrected chi connectivity index (χ3v) is 2.08. The van der Waals surface area contributed by atoms with E-state index in [2.05, 4.69) is 10.2 Å². The fraction of sp³-hybridized carbons (Fsp3) is 0.111. The van der Waals surface area contributed by atoms with Crippen LogP contribution in [0.25, 0.3) is 0 Å². The van der Waals surface area contributed by atoms with E-state index in [-0.39, 0.29) is 12.3 Å². The van der Waals surface area contributed by atoms with Crippen molar-refractivity contribution in [3.8, 4) is 0 Å². The molecule has 6 nitrogen and oxygen atoms in total. The predicted molar refractivity (Wildman–Crippen MR) is 52.0 cm³/mol. The van der Waals surface area contributed by atoms with Gasteiger partial charge in [0.1, 0.15) is 5.76 Å². The molecule has 0 saturated heterocycles. The molecule has 0 saturated carbocycles. The van der Waals surface area contributed by atoms with Crippen LogP contribution < -0.4 is 4.90 Å². The first-order valence-electron chi connectivity index (χ1n) is 4.21. The summed E-state index contributed by atoms with van der Waals surface area (Å²) in [6.07, 6.45) is 3.04. The summed E-state index contributed by atoms with van der Waals surface area (Å²) >= 11 is 0. The Morgan fingerprint density at radius 3 is 2.87 bits per heavy atom. The van der Waals surface area contributed by atoms with Crippen molar-refractivity contribution in [2.24, 2.45) is 5.18 Å². The molecular formula is C9H7N3O3. The number of hydrogen-bond acceptors (Lipinski definition) is 5. The van der Waals surface area contributed by atoms with Gasteiger partial charge in [-0.15, -0.1) is 4.91 Å². The molecule has 76 valence electrons. The van der Waals surface area contributed by atoms with Crippen molar-refractivity contribution >= 4 is 11.6 Å². The Balaban J connectivity index is 2.32. The van der Waals surface area contributed by atoms with Crippen molar-refractivity contribution < 1.29 is 9.90 Å². The van der Waals surface area contributed by atoms with Gasteiger partial charge in [-0.1, -0.05) is 0 Å². The molecule has 0 aliphatic carbocycles. The van der Waals surface area contributed by atoms with E-state index in [0.29, 0.717) is 5.69 Å². The minimum atomic E-state index is -0.601. The fourth-order valence-electron chi connectivity index (χ4n) is 1.36. The number of aromatic nitrogens is 1. The molecular weight excluding hydrogens is 198 g/mol. The van der Waals surface area contributed by atoms with E-state index in [9.17, 15) is 14.8 Å². The molecule has 0 bridgehead atoms. The lowest BCUT2D eigenvalue weighted by Gasteiger charge is -2.14. The molecule has 0 spiro atoms. The van der Waals surface area contributed by atoms with Crippen molar-refractivity contribution in [3.63, 3.8) is 0 Å². The van der Waals surface area contributed by atoms with E-state index in [1.165, 1.54) is 11.1 Å². The summed E-state index contributed by atoms with van der Waals surface area (Å²) in [5.41, 5.74) is 0.0894. The summed E-state index contributed by atoms with van der Waals surface area (Å²) in [5, 5.41) is 11.8. The number of carbonyl (C=O) groups excluding carboxylic acids is 1. The molecule has 0 unspecified atom stereocenters. The average Bonchev–Trinajstić information content (AvgIpc) is 2.55. The maximum absolute atomic E-state index is 11.5. The van der Waals surface area contributed by atoms with E-state index in [4.69, 9.17) is 0 Å². The third kappa shape index (κ3) is 1.45. The van der Waals surface area contributed by atoms with Crippen molar-refractivity contribution in [2.45, 2.75) is 0 Å². The summed E-state index contributed by atoms with van der Waals surface area (Å²) in [7, 11) is 0. The lowest BCUT2D eigenvalue weighted by molar-refractivity contribution is -0.114. The minimum Gasteiger partial charge on any atom is -0.508 e. The van der Waals surface area contributed by atoms with E-state index in [1.54, 1.807) is 18.3 Å². The second-order valence-corrected chi connectivity index (χ2v) is 2.99. The highest BCUT2D eigenvalue weighted by atomic mass is 16.3. The molecule has 6 heteroatoms. The van der Waals surface area contributed by atoms with Gasteiger partial charge in [-0.3, -0.25) is 14.7 Å². The van der Waals surface area contributed by atoms with Crippen LogP contribution in [0, 0.1) is 4.91 Å². The lowest BCUT2D eigenvalue weighted by atomic mass is 10.4. The first-order valence-corrected chi connectivity index (χ1v) is 4.21. The van der Waals surface area contributed by atoms with Gasteiger partial charge >= 0.3 is 0 Å². The zero-order valence-corrected chi connectivity index (χ0v) is 7.62. The van der Waals surface area contributed by atoms with Crippen LogP contribution in [0.4, 0.5) is 5.69 Å². The van der Waals surface area contributed by atoms with Crippen molar-refractivity contribution in [1.82, 2.24) is 4.98 Å². The number of rotatable bonds is 2. The number of pyridine rings is 1. The second-order valence-electron chi connectivity index (χ2n) is 2.99. The van der Waals surface area contributed by atoms with Crippen LogP contribution in [0.3, 0.4) is 0 Å². The van der Waals surface area contributed by atoms with Crippen molar-refractivity contribution in [2.75, 3.05) is 11.4 Å². The highest BCUT2D eigenvalue weighted by Crippen LogP contribution is 2.23. The first kappa shape index (κ1) is 9.32. The summed E-state index contributed by atoms with van der Waals surface area (Å²) in [5.74, 6) is -0.908. The summed E-state index contributed by atoms with van der Waals surface area (Å²) in [6, 6.07) is 3.32. The Morgan fingerprint density at radius 2 is 2.33 bits per heavy atom. The average molecular weight is 205 g/mol. The quantitative estimate of drug-likeness (QED) is 0.729. The number of hydrogen-bond donors (Lipinski definition) is 1. The first-order chi connectivity index (χ1) is 7.24. The Morgan fingerprint density at radius 1 is 1.53 bits per heavy atom. The highest BCUT2D eigenvalue weighted by Gasteiger charge is 2.32. The van der Waals surface area contributed by atoms with Gasteiger partial charge in [0.15, 0.2) is 0 Å². The molecule has 2 rings (SSSR count). The number of amides is 1. The monoisotopic (exact) mass is 205 g/mol. The Kier molecular flexibility index (Phi) is 2.17. The zero-order valence-electron chi connectivity index (χ0n) is 7.62. The largest absolute Gasteiger partial charge is 0.508 e. The van der Waals surface area contributed by atoms with Crippen LogP contribution in [-0.2, 0) is 4.79 Å². The van der Waals surface area contributed by atoms with Gasteiger partial charge < -0.3 is 5.11 Å². The molecule has 1 aromatic heterocycles. The van der Waals surface area contributed by atoms with E-state index in [0.717, 1.165) is 0 Å². The number of carbonyl (C=O) groups is 1. The molecule has 0 radical (unpaired) electrons. The minimum absolute atomic E-state index is 0.0361. The Hall–Kier alpha value is -2.24. The normalized spacial score (nSPS) is 16.0. The summed E-state index contributed by atoms with van der Waals surface area (Å²) in [4.78, 5) is 26.9. The van der Waals surface area contributed by atoms with Gasteiger partial charge in [0.05, 0.1) is 18.4 Å². The Bertz CT molecular complexity index is 441. The van der Waals surface area contributed by atoms with Gasteiger partial charge in [0, 0.05) is 6.20 Å². The molecule has 1 amide bonds. The van der Waals surface area contributed by atoms with Crippen LogP contribution >= 0.6 is 0 Å². The number of nitroso groups, excluding NO2 is 1. The molecule has 0 fully saturated rings. The highest BCUT2D eigenvalue weighted by molar-refractivity contribution is 6.08. The van der Waals surface area contributed by atoms with E-state index < -0.39 is 11.6 Å². The molecule has 1 aliphatic rings. The van der Waals surface area contributed by atoms with E-state index >= 15 is 0 Å². The maximum atomic E-state index is 11.5. The molecule has 0 atom stereocenters. The zero-order chi connectivity index (χ0) is 10.8. The SMILES string of the molecule is O=NC1=C(O)CN(c2cccnc2)C1=O. The summed E-state index contributed by atoms with van der Waals surface area (Å²) < 4.78 is 0. The van der Waals surface area contributed by atoms with Crippen LogP contribution in [0.15, 0.2) is 41.2 Å². The smallest absolute Gasteiger partial charge is 0.284 e. The molecule has 15 heavy (non-hydrogen) atoms. The predicted octanol–water partition coefficient (Wildman–Crippen LogP) is 0.964. The number of aliphatic hydroxyl groups excluding tert-OH is 1. The second kappa shape index (κ2) is 3.49. The van der Waals surface area contributed by atoms with Gasteiger partial charge in [-0.25, -0.2) is 0 Å². The lowest BCUT2D eigenvalue weighted by Crippen LogP contribution is -2.26. The maximum Gasteiger partial charge on any atom is 0.284 e. The standard InChI is InChI=1S/C9H7N3O3/c13-7-5-12(9(14)8(7)11-15)6-2-1-3-10-4-6/h1-4,13H,5H2. The molecule has 1 N–H and O–H groups in total. The topological polar surface area (TPSA) is 82.9 Å².